The van der Waals surface area contributed by atoms with E-state index >= 15 is 0 Å². The number of thiazole rings is 1. The second kappa shape index (κ2) is 9.84. The fourth-order valence-corrected chi connectivity index (χ4v) is 6.06. The van der Waals surface area contributed by atoms with Gasteiger partial charge in [0.05, 0.1) is 5.56 Å². The summed E-state index contributed by atoms with van der Waals surface area (Å²) < 4.78 is 55.4. The molecule has 0 radical (unpaired) electrons. The molecular formula is C22H24F2N6O3S2. The minimum Gasteiger partial charge on any atom is -0.382 e. The lowest BCUT2D eigenvalue weighted by Crippen LogP contribution is -2.42. The molecule has 0 spiro atoms. The monoisotopic (exact) mass is 522 g/mol. The van der Waals surface area contributed by atoms with Crippen LogP contribution in [0.25, 0.3) is 0 Å². The molecular weight excluding hydrogens is 498 g/mol. The lowest BCUT2D eigenvalue weighted by molar-refractivity contribution is 0.103. The predicted molar refractivity (Wildman–Crippen MR) is 130 cm³/mol. The molecule has 3 N–H and O–H groups in total. The zero-order valence-electron chi connectivity index (χ0n) is 19.0. The first-order valence-electron chi connectivity index (χ1n) is 10.7. The Labute approximate surface area is 205 Å². The van der Waals surface area contributed by atoms with Crippen molar-refractivity contribution in [3.63, 3.8) is 0 Å². The van der Waals surface area contributed by atoms with Crippen molar-refractivity contribution in [2.75, 3.05) is 43.1 Å². The zero-order chi connectivity index (χ0) is 25.3. The molecule has 0 amide bonds. The van der Waals surface area contributed by atoms with E-state index in [1.54, 1.807) is 11.0 Å². The molecule has 1 aliphatic heterocycles. The fraction of sp³-hybridized carbons (Fsp3) is 0.318. The Morgan fingerprint density at radius 1 is 1.17 bits per heavy atom. The van der Waals surface area contributed by atoms with Gasteiger partial charge in [-0.25, -0.2) is 27.2 Å². The summed E-state index contributed by atoms with van der Waals surface area (Å²) in [5.41, 5.74) is 5.18. The Morgan fingerprint density at radius 2 is 1.83 bits per heavy atom. The highest BCUT2D eigenvalue weighted by molar-refractivity contribution is 7.89. The molecule has 186 valence electrons. The van der Waals surface area contributed by atoms with Gasteiger partial charge in [0.1, 0.15) is 33.0 Å². The number of anilines is 3. The molecule has 0 atom stereocenters. The molecule has 13 heteroatoms. The van der Waals surface area contributed by atoms with E-state index < -0.39 is 33.0 Å². The minimum absolute atomic E-state index is 0.0646. The third-order valence-electron chi connectivity index (χ3n) is 5.65. The number of benzene rings is 1. The molecule has 4 rings (SSSR count). The Kier molecular flexibility index (Phi) is 7.01. The third kappa shape index (κ3) is 5.11. The number of carbonyl (C=O) groups excluding carboxylic acids is 1. The van der Waals surface area contributed by atoms with E-state index in [-0.39, 0.29) is 34.7 Å². The maximum Gasteiger partial charge on any atom is 0.244 e. The number of pyridine rings is 1. The molecule has 0 unspecified atom stereocenters. The van der Waals surface area contributed by atoms with Crippen molar-refractivity contribution in [2.24, 2.45) is 0 Å². The van der Waals surface area contributed by atoms with E-state index in [4.69, 9.17) is 5.73 Å². The Balaban J connectivity index is 1.41. The predicted octanol–water partition coefficient (Wildman–Crippen LogP) is 2.96. The number of nitrogen functional groups attached to an aromatic ring is 1. The SMILES string of the molecule is CN(C)c1ccc(S(=O)(=O)N2CCC(Nc3nc(N)c(C(=O)c4c(F)cccc4F)s3)CC2)cn1. The van der Waals surface area contributed by atoms with Crippen molar-refractivity contribution < 1.29 is 22.0 Å². The second-order valence-corrected chi connectivity index (χ2v) is 11.2. The van der Waals surface area contributed by atoms with Gasteiger partial charge in [-0.05, 0) is 37.1 Å². The van der Waals surface area contributed by atoms with Crippen molar-refractivity contribution in [1.82, 2.24) is 14.3 Å². The molecule has 0 saturated carbocycles. The first-order chi connectivity index (χ1) is 16.6. The van der Waals surface area contributed by atoms with Gasteiger partial charge in [0.15, 0.2) is 5.13 Å². The van der Waals surface area contributed by atoms with Gasteiger partial charge in [0.2, 0.25) is 15.8 Å². The Hall–Kier alpha value is -3.16. The average molecular weight is 523 g/mol. The van der Waals surface area contributed by atoms with Crippen molar-refractivity contribution in [3.05, 3.63) is 58.6 Å². The molecule has 0 aliphatic carbocycles. The zero-order valence-corrected chi connectivity index (χ0v) is 20.7. The Morgan fingerprint density at radius 3 is 2.40 bits per heavy atom. The highest BCUT2D eigenvalue weighted by Gasteiger charge is 2.31. The van der Waals surface area contributed by atoms with Gasteiger partial charge in [-0.1, -0.05) is 17.4 Å². The van der Waals surface area contributed by atoms with E-state index in [1.165, 1.54) is 22.6 Å². The number of piperidine rings is 1. The summed E-state index contributed by atoms with van der Waals surface area (Å²) in [6.45, 7) is 0.561. The van der Waals surface area contributed by atoms with Gasteiger partial charge in [-0.2, -0.15) is 4.31 Å². The van der Waals surface area contributed by atoms with Gasteiger partial charge in [-0.15, -0.1) is 0 Å². The Bertz CT molecular complexity index is 1320. The van der Waals surface area contributed by atoms with E-state index in [0.29, 0.717) is 23.8 Å². The highest BCUT2D eigenvalue weighted by atomic mass is 32.2. The molecule has 2 aromatic heterocycles. The number of aromatic nitrogens is 2. The number of sulfonamides is 1. The van der Waals surface area contributed by atoms with Crippen LogP contribution >= 0.6 is 11.3 Å². The van der Waals surface area contributed by atoms with Gasteiger partial charge in [-0.3, -0.25) is 4.79 Å². The molecule has 1 aromatic carbocycles. The number of nitrogens with zero attached hydrogens (tertiary/aromatic N) is 4. The van der Waals surface area contributed by atoms with Crippen LogP contribution in [0.3, 0.4) is 0 Å². The molecule has 1 fully saturated rings. The standard InChI is InChI=1S/C22H24F2N6O3S2/c1-29(2)17-7-6-14(12-26-17)35(32,33)30-10-8-13(9-11-30)27-22-28-21(25)20(34-22)19(31)18-15(23)4-3-5-16(18)24/h3-7,12-13H,8-11,25H2,1-2H3,(H,27,28). The summed E-state index contributed by atoms with van der Waals surface area (Å²) in [5.74, 6) is -2.29. The molecule has 0 bridgehead atoms. The maximum absolute atomic E-state index is 14.0. The molecule has 1 aliphatic rings. The lowest BCUT2D eigenvalue weighted by atomic mass is 10.1. The van der Waals surface area contributed by atoms with E-state index in [9.17, 15) is 22.0 Å². The number of rotatable bonds is 7. The van der Waals surface area contributed by atoms with E-state index in [1.807, 2.05) is 14.1 Å². The first kappa shape index (κ1) is 24.9. The van der Waals surface area contributed by atoms with Gasteiger partial charge in [0.25, 0.3) is 0 Å². The largest absolute Gasteiger partial charge is 0.382 e. The summed E-state index contributed by atoms with van der Waals surface area (Å²) in [6.07, 6.45) is 2.34. The minimum atomic E-state index is -3.68. The van der Waals surface area contributed by atoms with Gasteiger partial charge >= 0.3 is 0 Å². The van der Waals surface area contributed by atoms with Gasteiger partial charge < -0.3 is 16.0 Å². The number of carbonyl (C=O) groups is 1. The quantitative estimate of drug-likeness (QED) is 0.455. The number of hydrogen-bond acceptors (Lipinski definition) is 9. The van der Waals surface area contributed by atoms with Crippen molar-refractivity contribution >= 4 is 43.9 Å². The van der Waals surface area contributed by atoms with Crippen LogP contribution in [0.1, 0.15) is 28.1 Å². The molecule has 3 aromatic rings. The summed E-state index contributed by atoms with van der Waals surface area (Å²) >= 11 is 0.906. The summed E-state index contributed by atoms with van der Waals surface area (Å²) in [6, 6.07) is 6.25. The van der Waals surface area contributed by atoms with Crippen LogP contribution in [-0.2, 0) is 10.0 Å². The smallest absolute Gasteiger partial charge is 0.244 e. The van der Waals surface area contributed by atoms with Crippen LogP contribution in [0.2, 0.25) is 0 Å². The number of ketones is 1. The van der Waals surface area contributed by atoms with Crippen LogP contribution in [-0.4, -0.2) is 61.7 Å². The molecule has 9 nitrogen and oxygen atoms in total. The summed E-state index contributed by atoms with van der Waals surface area (Å²) in [7, 11) is -0.0358. The van der Waals surface area contributed by atoms with Crippen LogP contribution in [0.4, 0.5) is 25.5 Å². The van der Waals surface area contributed by atoms with Crippen molar-refractivity contribution in [3.8, 4) is 0 Å². The summed E-state index contributed by atoms with van der Waals surface area (Å²) in [5, 5.41) is 3.48. The van der Waals surface area contributed by atoms with Crippen LogP contribution in [0.15, 0.2) is 41.4 Å². The van der Waals surface area contributed by atoms with Crippen LogP contribution in [0.5, 0.6) is 0 Å². The lowest BCUT2D eigenvalue weighted by Gasteiger charge is -2.31. The van der Waals surface area contributed by atoms with Crippen molar-refractivity contribution in [2.45, 2.75) is 23.8 Å². The second-order valence-electron chi connectivity index (χ2n) is 8.23. The number of nitrogens with two attached hydrogens (primary N) is 1. The normalized spacial score (nSPS) is 15.2. The number of nitrogens with one attached hydrogen (secondary N) is 1. The molecule has 3 heterocycles. The van der Waals surface area contributed by atoms with Crippen LogP contribution < -0.4 is 16.0 Å². The van der Waals surface area contributed by atoms with Crippen LogP contribution in [0, 0.1) is 11.6 Å². The number of halogens is 2. The average Bonchev–Trinajstić information content (AvgIpc) is 3.19. The van der Waals surface area contributed by atoms with Gasteiger partial charge in [0, 0.05) is 39.4 Å². The fourth-order valence-electron chi connectivity index (χ4n) is 3.74. The van der Waals surface area contributed by atoms with E-state index in [0.717, 1.165) is 23.5 Å². The maximum atomic E-state index is 14.0. The summed E-state index contributed by atoms with van der Waals surface area (Å²) in [4.78, 5) is 22.8. The topological polar surface area (TPSA) is 122 Å². The highest BCUT2D eigenvalue weighted by Crippen LogP contribution is 2.31. The van der Waals surface area contributed by atoms with E-state index in [2.05, 4.69) is 15.3 Å². The first-order valence-corrected chi connectivity index (χ1v) is 13.0. The molecule has 1 saturated heterocycles. The molecule has 35 heavy (non-hydrogen) atoms. The third-order valence-corrected chi connectivity index (χ3v) is 8.53. The van der Waals surface area contributed by atoms with Crippen molar-refractivity contribution in [1.29, 1.82) is 0 Å². The number of hydrogen-bond donors (Lipinski definition) is 2.